The smallest absolute Gasteiger partial charge is 0.0609 e. The lowest BCUT2D eigenvalue weighted by molar-refractivity contribution is -0.00612. The standard InChI is InChI=1S/C21H38O3/c1-2-3-7-10-18(23)12-13-20-19(17-15-21(20)24-16-17)11-8-5-4-6-9-14-22/h5,8,17-23H,2-4,6-7,9-16H2,1H3/t17-,18+,19+,20?,21-/m1/s1. The Bertz CT molecular complexity index is 355. The Kier molecular flexibility index (Phi) is 9.37. The van der Waals surface area contributed by atoms with Crippen LogP contribution in [0.4, 0.5) is 0 Å². The van der Waals surface area contributed by atoms with Crippen molar-refractivity contribution in [2.24, 2.45) is 17.8 Å². The second kappa shape index (κ2) is 11.3. The van der Waals surface area contributed by atoms with Crippen molar-refractivity contribution in [2.75, 3.05) is 13.2 Å². The SMILES string of the molecule is CCCCC[C@H](O)CCC1[C@@H](CC=CCCCCO)[C@H]2CO[C@@H]1C2. The second-order valence-corrected chi connectivity index (χ2v) is 7.85. The van der Waals surface area contributed by atoms with Gasteiger partial charge >= 0.3 is 0 Å². The van der Waals surface area contributed by atoms with Crippen LogP contribution in [0.15, 0.2) is 12.2 Å². The molecule has 140 valence electrons. The van der Waals surface area contributed by atoms with Gasteiger partial charge < -0.3 is 14.9 Å². The van der Waals surface area contributed by atoms with Gasteiger partial charge in [0.15, 0.2) is 0 Å². The molecule has 0 amide bonds. The molecule has 24 heavy (non-hydrogen) atoms. The van der Waals surface area contributed by atoms with Gasteiger partial charge in [0.25, 0.3) is 0 Å². The molecule has 2 fully saturated rings. The van der Waals surface area contributed by atoms with Gasteiger partial charge in [-0.15, -0.1) is 0 Å². The molecule has 0 spiro atoms. The topological polar surface area (TPSA) is 49.7 Å². The fraction of sp³-hybridized carbons (Fsp3) is 0.905. The molecule has 1 aliphatic carbocycles. The number of fused-ring (bicyclic) bond motifs is 2. The predicted molar refractivity (Wildman–Crippen MR) is 98.9 cm³/mol. The summed E-state index contributed by atoms with van der Waals surface area (Å²) in [6.07, 6.45) is 17.1. The number of allylic oxidation sites excluding steroid dienone is 2. The summed E-state index contributed by atoms with van der Waals surface area (Å²) in [6, 6.07) is 0. The third-order valence-electron chi connectivity index (χ3n) is 6.02. The fourth-order valence-electron chi connectivity index (χ4n) is 4.58. The van der Waals surface area contributed by atoms with Gasteiger partial charge in [0, 0.05) is 6.61 Å². The molecule has 0 aromatic carbocycles. The lowest BCUT2D eigenvalue weighted by Gasteiger charge is -2.31. The minimum Gasteiger partial charge on any atom is -0.396 e. The van der Waals surface area contributed by atoms with Crippen LogP contribution in [0.5, 0.6) is 0 Å². The van der Waals surface area contributed by atoms with Gasteiger partial charge in [-0.2, -0.15) is 0 Å². The van der Waals surface area contributed by atoms with Crippen molar-refractivity contribution in [2.45, 2.75) is 89.8 Å². The van der Waals surface area contributed by atoms with Crippen LogP contribution in [-0.2, 0) is 4.74 Å². The van der Waals surface area contributed by atoms with Crippen LogP contribution in [0, 0.1) is 17.8 Å². The van der Waals surface area contributed by atoms with Crippen LogP contribution in [0.1, 0.15) is 77.6 Å². The van der Waals surface area contributed by atoms with Crippen LogP contribution in [0.3, 0.4) is 0 Å². The predicted octanol–water partition coefficient (Wildman–Crippen LogP) is 4.47. The van der Waals surface area contributed by atoms with E-state index in [0.717, 1.165) is 63.4 Å². The highest BCUT2D eigenvalue weighted by Crippen LogP contribution is 2.48. The first-order chi connectivity index (χ1) is 11.8. The Hall–Kier alpha value is -0.380. The molecule has 1 saturated heterocycles. The Morgan fingerprint density at radius 1 is 1.08 bits per heavy atom. The first kappa shape index (κ1) is 19.9. The van der Waals surface area contributed by atoms with Gasteiger partial charge in [0.1, 0.15) is 0 Å². The summed E-state index contributed by atoms with van der Waals surface area (Å²) < 4.78 is 5.95. The van der Waals surface area contributed by atoms with E-state index in [9.17, 15) is 5.11 Å². The third kappa shape index (κ3) is 6.16. The minimum absolute atomic E-state index is 0.120. The van der Waals surface area contributed by atoms with Crippen molar-refractivity contribution < 1.29 is 14.9 Å². The number of hydrogen-bond donors (Lipinski definition) is 2. The zero-order valence-electron chi connectivity index (χ0n) is 15.5. The molecular formula is C21H38O3. The number of aliphatic hydroxyl groups excluding tert-OH is 2. The van der Waals surface area contributed by atoms with E-state index in [1.54, 1.807) is 0 Å². The van der Waals surface area contributed by atoms with Crippen molar-refractivity contribution in [3.05, 3.63) is 12.2 Å². The molecular weight excluding hydrogens is 300 g/mol. The first-order valence-corrected chi connectivity index (χ1v) is 10.3. The van der Waals surface area contributed by atoms with Gasteiger partial charge in [-0.3, -0.25) is 0 Å². The Balaban J connectivity index is 1.71. The van der Waals surface area contributed by atoms with E-state index < -0.39 is 0 Å². The maximum absolute atomic E-state index is 10.2. The molecule has 0 aromatic heterocycles. The molecule has 0 aromatic rings. The molecule has 5 atom stereocenters. The van der Waals surface area contributed by atoms with Crippen molar-refractivity contribution in [1.29, 1.82) is 0 Å². The third-order valence-corrected chi connectivity index (χ3v) is 6.02. The summed E-state index contributed by atoms with van der Waals surface area (Å²) in [5.41, 5.74) is 0. The number of hydrogen-bond acceptors (Lipinski definition) is 3. The van der Waals surface area contributed by atoms with E-state index in [1.807, 2.05) is 0 Å². The summed E-state index contributed by atoms with van der Waals surface area (Å²) in [6.45, 7) is 3.46. The molecule has 1 unspecified atom stereocenters. The van der Waals surface area contributed by atoms with Crippen LogP contribution >= 0.6 is 0 Å². The first-order valence-electron chi connectivity index (χ1n) is 10.3. The average Bonchev–Trinajstić information content (AvgIpc) is 3.18. The van der Waals surface area contributed by atoms with Gasteiger partial charge in [-0.25, -0.2) is 0 Å². The van der Waals surface area contributed by atoms with E-state index in [0.29, 0.717) is 18.6 Å². The molecule has 3 heteroatoms. The Morgan fingerprint density at radius 3 is 2.75 bits per heavy atom. The summed E-state index contributed by atoms with van der Waals surface area (Å²) in [5.74, 6) is 2.13. The number of unbranched alkanes of at least 4 members (excludes halogenated alkanes) is 4. The molecule has 1 saturated carbocycles. The molecule has 0 radical (unpaired) electrons. The molecule has 3 nitrogen and oxygen atoms in total. The molecule has 2 aliphatic rings. The van der Waals surface area contributed by atoms with Crippen molar-refractivity contribution >= 4 is 0 Å². The van der Waals surface area contributed by atoms with Crippen LogP contribution in [0.25, 0.3) is 0 Å². The molecule has 1 aliphatic heterocycles. The van der Waals surface area contributed by atoms with Gasteiger partial charge in [-0.05, 0) is 69.1 Å². The lowest BCUT2D eigenvalue weighted by atomic mass is 9.81. The van der Waals surface area contributed by atoms with E-state index >= 15 is 0 Å². The molecule has 2 rings (SSSR count). The zero-order valence-corrected chi connectivity index (χ0v) is 15.5. The molecule has 1 heterocycles. The quantitative estimate of drug-likeness (QED) is 0.385. The van der Waals surface area contributed by atoms with Crippen molar-refractivity contribution in [3.63, 3.8) is 0 Å². The fourth-order valence-corrected chi connectivity index (χ4v) is 4.58. The van der Waals surface area contributed by atoms with Crippen LogP contribution < -0.4 is 0 Å². The highest BCUT2D eigenvalue weighted by Gasteiger charge is 2.47. The normalized spacial score (nSPS) is 30.5. The highest BCUT2D eigenvalue weighted by atomic mass is 16.5. The van der Waals surface area contributed by atoms with Crippen LogP contribution in [-0.4, -0.2) is 35.6 Å². The Morgan fingerprint density at radius 2 is 1.96 bits per heavy atom. The average molecular weight is 339 g/mol. The van der Waals surface area contributed by atoms with E-state index in [-0.39, 0.29) is 6.10 Å². The van der Waals surface area contributed by atoms with Crippen molar-refractivity contribution in [3.8, 4) is 0 Å². The molecule has 2 N–H and O–H groups in total. The highest BCUT2D eigenvalue weighted by molar-refractivity contribution is 4.99. The number of aliphatic hydroxyl groups is 2. The number of ether oxygens (including phenoxy) is 1. The summed E-state index contributed by atoms with van der Waals surface area (Å²) in [7, 11) is 0. The van der Waals surface area contributed by atoms with E-state index in [2.05, 4.69) is 19.1 Å². The van der Waals surface area contributed by atoms with Gasteiger partial charge in [0.05, 0.1) is 18.8 Å². The van der Waals surface area contributed by atoms with E-state index in [4.69, 9.17) is 9.84 Å². The maximum Gasteiger partial charge on any atom is 0.0609 e. The molecule has 2 bridgehead atoms. The van der Waals surface area contributed by atoms with Crippen molar-refractivity contribution in [1.82, 2.24) is 0 Å². The van der Waals surface area contributed by atoms with Gasteiger partial charge in [-0.1, -0.05) is 38.3 Å². The second-order valence-electron chi connectivity index (χ2n) is 7.85. The summed E-state index contributed by atoms with van der Waals surface area (Å²) in [5, 5.41) is 19.0. The minimum atomic E-state index is -0.120. The monoisotopic (exact) mass is 338 g/mol. The van der Waals surface area contributed by atoms with Gasteiger partial charge in [0.2, 0.25) is 0 Å². The number of rotatable bonds is 13. The zero-order chi connectivity index (χ0) is 17.2. The largest absolute Gasteiger partial charge is 0.396 e. The van der Waals surface area contributed by atoms with Crippen LogP contribution in [0.2, 0.25) is 0 Å². The summed E-state index contributed by atoms with van der Waals surface area (Å²) >= 11 is 0. The Labute approximate surface area is 148 Å². The maximum atomic E-state index is 10.2. The van der Waals surface area contributed by atoms with E-state index in [1.165, 1.54) is 25.7 Å². The lowest BCUT2D eigenvalue weighted by Crippen LogP contribution is -2.29. The summed E-state index contributed by atoms with van der Waals surface area (Å²) in [4.78, 5) is 0.